The topological polar surface area (TPSA) is 47.6 Å². The molecule has 0 unspecified atom stereocenters. The zero-order valence-electron chi connectivity index (χ0n) is 5.33. The van der Waals surface area contributed by atoms with Crippen LogP contribution in [0.25, 0.3) is 0 Å². The molecule has 0 heterocycles. The van der Waals surface area contributed by atoms with Gasteiger partial charge in [-0.15, -0.1) is 0 Å². The summed E-state index contributed by atoms with van der Waals surface area (Å²) in [5.41, 5.74) is 0. The average Bonchev–Trinajstić information content (AvgIpc) is 1.91. The third-order valence-electron chi connectivity index (χ3n) is 0.332. The maximum absolute atomic E-state index is 7.73. The van der Waals surface area contributed by atoms with Gasteiger partial charge in [0.15, 0.2) is 0 Å². The first kappa shape index (κ1) is 10.4. The molecule has 0 rings (SSSR count). The van der Waals surface area contributed by atoms with E-state index in [1.165, 1.54) is 12.2 Å². The molecule has 0 saturated carbocycles. The van der Waals surface area contributed by atoms with Crippen molar-refractivity contribution in [3.05, 3.63) is 24.8 Å². The van der Waals surface area contributed by atoms with Crippen LogP contribution >= 0.6 is 0 Å². The van der Waals surface area contributed by atoms with Gasteiger partial charge in [-0.05, 0) is 6.92 Å². The highest BCUT2D eigenvalue weighted by Gasteiger charge is 1.45. The molecule has 0 aliphatic carbocycles. The quantitative estimate of drug-likeness (QED) is 0.457. The molecule has 0 aromatic rings. The number of rotatable bonds is 0. The van der Waals surface area contributed by atoms with Gasteiger partial charge in [0.2, 0.25) is 0 Å². The van der Waals surface area contributed by atoms with Crippen LogP contribution in [0.1, 0.15) is 6.92 Å². The molecule has 0 aliphatic heterocycles. The minimum atomic E-state index is 1.18. The summed E-state index contributed by atoms with van der Waals surface area (Å²) in [6.07, 6.45) is 4.31. The molecular formula is C7H8N2. The highest BCUT2D eigenvalue weighted by atomic mass is 14.2. The molecule has 2 heteroatoms. The van der Waals surface area contributed by atoms with Crippen molar-refractivity contribution in [1.29, 1.82) is 10.5 Å². The molecule has 0 saturated heterocycles. The van der Waals surface area contributed by atoms with Gasteiger partial charge in [-0.3, -0.25) is 0 Å². The van der Waals surface area contributed by atoms with Gasteiger partial charge in [0.1, 0.15) is 0 Å². The molecule has 46 valence electrons. The smallest absolute Gasteiger partial charge is 0.0908 e. The van der Waals surface area contributed by atoms with Gasteiger partial charge in [-0.2, -0.15) is 10.5 Å². The van der Waals surface area contributed by atoms with E-state index in [0.29, 0.717) is 0 Å². The second-order valence-electron chi connectivity index (χ2n) is 0.962. The van der Waals surface area contributed by atoms with Crippen molar-refractivity contribution in [2.45, 2.75) is 6.92 Å². The Hall–Kier alpha value is -1.54. The van der Waals surface area contributed by atoms with Crippen LogP contribution in [0.15, 0.2) is 24.8 Å². The van der Waals surface area contributed by atoms with Crippen molar-refractivity contribution in [3.63, 3.8) is 0 Å². The molecule has 0 aliphatic rings. The summed E-state index contributed by atoms with van der Waals surface area (Å²) in [6.45, 7) is 4.93. The van der Waals surface area contributed by atoms with Gasteiger partial charge >= 0.3 is 0 Å². The fourth-order valence-electron chi connectivity index (χ4n) is 0.0745. The predicted molar refractivity (Wildman–Crippen MR) is 36.2 cm³/mol. The number of nitrogens with zero attached hydrogens (tertiary/aromatic N) is 2. The fourth-order valence-corrected chi connectivity index (χ4v) is 0.0745. The van der Waals surface area contributed by atoms with E-state index in [1.54, 1.807) is 12.1 Å². The Labute approximate surface area is 55.3 Å². The predicted octanol–water partition coefficient (Wildman–Crippen LogP) is 1.78. The zero-order chi connectivity index (χ0) is 7.54. The lowest BCUT2D eigenvalue weighted by molar-refractivity contribution is 1.53. The van der Waals surface area contributed by atoms with Crippen LogP contribution < -0.4 is 0 Å². The Morgan fingerprint density at radius 1 is 1.33 bits per heavy atom. The SMILES string of the molecule is C=CC#N.CC=CC#N. The van der Waals surface area contributed by atoms with Crippen molar-refractivity contribution in [1.82, 2.24) is 0 Å². The molecule has 0 spiro atoms. The summed E-state index contributed by atoms with van der Waals surface area (Å²) in [5, 5.41) is 15.2. The second-order valence-corrected chi connectivity index (χ2v) is 0.962. The Morgan fingerprint density at radius 2 is 1.78 bits per heavy atom. The molecule has 0 aromatic heterocycles. The lowest BCUT2D eigenvalue weighted by atomic mass is 10.6. The Kier molecular flexibility index (Phi) is 18.7. The number of nitriles is 2. The molecular weight excluding hydrogens is 112 g/mol. The highest BCUT2D eigenvalue weighted by Crippen LogP contribution is 1.58. The largest absolute Gasteiger partial charge is 0.193 e. The van der Waals surface area contributed by atoms with E-state index in [1.807, 2.05) is 13.0 Å². The highest BCUT2D eigenvalue weighted by molar-refractivity contribution is 4.99. The van der Waals surface area contributed by atoms with E-state index < -0.39 is 0 Å². The van der Waals surface area contributed by atoms with Crippen LogP contribution in [0.2, 0.25) is 0 Å². The monoisotopic (exact) mass is 120 g/mol. The first-order valence-corrected chi connectivity index (χ1v) is 2.34. The molecule has 0 atom stereocenters. The van der Waals surface area contributed by atoms with Crippen molar-refractivity contribution >= 4 is 0 Å². The average molecular weight is 120 g/mol. The van der Waals surface area contributed by atoms with Gasteiger partial charge < -0.3 is 0 Å². The summed E-state index contributed by atoms with van der Waals surface area (Å²) in [4.78, 5) is 0. The summed E-state index contributed by atoms with van der Waals surface area (Å²) in [5.74, 6) is 0. The van der Waals surface area contributed by atoms with Crippen LogP contribution in [0.4, 0.5) is 0 Å². The minimum Gasteiger partial charge on any atom is -0.193 e. The van der Waals surface area contributed by atoms with E-state index in [0.717, 1.165) is 0 Å². The number of hydrogen-bond donors (Lipinski definition) is 0. The molecule has 0 fully saturated rings. The maximum atomic E-state index is 7.73. The third kappa shape index (κ3) is 60.3. The summed E-state index contributed by atoms with van der Waals surface area (Å²) < 4.78 is 0. The minimum absolute atomic E-state index is 1.18. The van der Waals surface area contributed by atoms with E-state index >= 15 is 0 Å². The normalized spacial score (nSPS) is 6.11. The third-order valence-corrected chi connectivity index (χ3v) is 0.332. The van der Waals surface area contributed by atoms with Crippen molar-refractivity contribution in [2.75, 3.05) is 0 Å². The van der Waals surface area contributed by atoms with Gasteiger partial charge in [-0.25, -0.2) is 0 Å². The van der Waals surface area contributed by atoms with Crippen LogP contribution in [-0.4, -0.2) is 0 Å². The van der Waals surface area contributed by atoms with Gasteiger partial charge in [-0.1, -0.05) is 12.7 Å². The van der Waals surface area contributed by atoms with Crippen molar-refractivity contribution in [2.24, 2.45) is 0 Å². The van der Waals surface area contributed by atoms with Crippen LogP contribution in [0, 0.1) is 22.7 Å². The van der Waals surface area contributed by atoms with Crippen LogP contribution in [0.3, 0.4) is 0 Å². The lowest BCUT2D eigenvalue weighted by Gasteiger charge is -1.47. The van der Waals surface area contributed by atoms with Crippen molar-refractivity contribution in [3.8, 4) is 12.1 Å². The lowest BCUT2D eigenvalue weighted by Crippen LogP contribution is -1.35. The van der Waals surface area contributed by atoms with E-state index in [-0.39, 0.29) is 0 Å². The van der Waals surface area contributed by atoms with E-state index in [9.17, 15) is 0 Å². The Bertz CT molecular complexity index is 155. The Morgan fingerprint density at radius 3 is 1.78 bits per heavy atom. The van der Waals surface area contributed by atoms with Crippen LogP contribution in [0.5, 0.6) is 0 Å². The second kappa shape index (κ2) is 16.1. The molecule has 9 heavy (non-hydrogen) atoms. The molecule has 2 nitrogen and oxygen atoms in total. The van der Waals surface area contributed by atoms with Gasteiger partial charge in [0.25, 0.3) is 0 Å². The number of allylic oxidation sites excluding steroid dienone is 3. The van der Waals surface area contributed by atoms with E-state index in [2.05, 4.69) is 6.58 Å². The Balaban J connectivity index is 0. The standard InChI is InChI=1S/C4H5N.C3H3N/c1-2-3-4-5;1-2-3-4/h2-3H,1H3;2H,1H2. The summed E-state index contributed by atoms with van der Waals surface area (Å²) >= 11 is 0. The first-order valence-electron chi connectivity index (χ1n) is 2.34. The van der Waals surface area contributed by atoms with Gasteiger partial charge in [0.05, 0.1) is 12.1 Å². The van der Waals surface area contributed by atoms with E-state index in [4.69, 9.17) is 10.5 Å². The number of hydrogen-bond acceptors (Lipinski definition) is 2. The maximum Gasteiger partial charge on any atom is 0.0908 e. The fraction of sp³-hybridized carbons (Fsp3) is 0.143. The van der Waals surface area contributed by atoms with Gasteiger partial charge in [0, 0.05) is 12.2 Å². The molecule has 0 radical (unpaired) electrons. The zero-order valence-corrected chi connectivity index (χ0v) is 5.33. The van der Waals surface area contributed by atoms with Crippen LogP contribution in [-0.2, 0) is 0 Å². The molecule has 0 amide bonds. The molecule has 0 bridgehead atoms. The molecule has 0 aromatic carbocycles. The summed E-state index contributed by atoms with van der Waals surface area (Å²) in [6, 6.07) is 3.53. The summed E-state index contributed by atoms with van der Waals surface area (Å²) in [7, 11) is 0. The van der Waals surface area contributed by atoms with Crippen molar-refractivity contribution < 1.29 is 0 Å². The first-order chi connectivity index (χ1) is 4.33. The molecule has 0 N–H and O–H groups in total.